The van der Waals surface area contributed by atoms with Crippen LogP contribution in [0.4, 0.5) is 0 Å². The summed E-state index contributed by atoms with van der Waals surface area (Å²) in [5.74, 6) is 1.01. The smallest absolute Gasteiger partial charge is 0.188 e. The van der Waals surface area contributed by atoms with Gasteiger partial charge < -0.3 is 0 Å². The first-order chi connectivity index (χ1) is 6.31. The fourth-order valence-electron chi connectivity index (χ4n) is 0.943. The van der Waals surface area contributed by atoms with Crippen LogP contribution in [0.2, 0.25) is 0 Å². The molecule has 13 heavy (non-hydrogen) atoms. The number of unbranched alkanes of at least 4 members (excludes halogenated alkanes) is 3. The van der Waals surface area contributed by atoms with Crippen molar-refractivity contribution >= 4 is 32.8 Å². The molecule has 0 atom stereocenters. The van der Waals surface area contributed by atoms with Crippen molar-refractivity contribution in [1.29, 1.82) is 0 Å². The van der Waals surface area contributed by atoms with Crippen LogP contribution in [0.3, 0.4) is 0 Å². The SMILES string of the molecule is CCCCSC(=O)CCCCCBr. The first-order valence-electron chi connectivity index (χ1n) is 5.02. The highest BCUT2D eigenvalue weighted by molar-refractivity contribution is 9.09. The monoisotopic (exact) mass is 266 g/mol. The molecule has 0 unspecified atom stereocenters. The summed E-state index contributed by atoms with van der Waals surface area (Å²) < 4.78 is 0. The minimum Gasteiger partial charge on any atom is -0.287 e. The molecule has 3 heteroatoms. The van der Waals surface area contributed by atoms with Crippen LogP contribution in [0.15, 0.2) is 0 Å². The molecule has 0 amide bonds. The normalized spacial score (nSPS) is 10.3. The first-order valence-corrected chi connectivity index (χ1v) is 7.13. The summed E-state index contributed by atoms with van der Waals surface area (Å²) in [4.78, 5) is 11.2. The summed E-state index contributed by atoms with van der Waals surface area (Å²) in [5.41, 5.74) is 0. The minimum absolute atomic E-state index is 0.378. The number of alkyl halides is 1. The van der Waals surface area contributed by atoms with Gasteiger partial charge in [0.2, 0.25) is 0 Å². The van der Waals surface area contributed by atoms with Crippen LogP contribution in [-0.4, -0.2) is 16.2 Å². The number of carbonyl (C=O) groups excluding carboxylic acids is 1. The van der Waals surface area contributed by atoms with E-state index >= 15 is 0 Å². The van der Waals surface area contributed by atoms with Crippen LogP contribution in [0.5, 0.6) is 0 Å². The molecular formula is C10H19BrOS. The summed E-state index contributed by atoms with van der Waals surface area (Å²) in [5, 5.41) is 1.44. The van der Waals surface area contributed by atoms with E-state index in [1.54, 1.807) is 0 Å². The molecule has 0 aromatic carbocycles. The lowest BCUT2D eigenvalue weighted by Crippen LogP contribution is -1.93. The second kappa shape index (κ2) is 10.6. The Bertz CT molecular complexity index is 128. The Morgan fingerprint density at radius 1 is 1.23 bits per heavy atom. The first kappa shape index (κ1) is 13.5. The zero-order chi connectivity index (χ0) is 9.94. The predicted octanol–water partition coefficient (Wildman–Crippen LogP) is 4.00. The van der Waals surface area contributed by atoms with Crippen LogP contribution >= 0.6 is 27.7 Å². The van der Waals surface area contributed by atoms with Crippen LogP contribution in [0.25, 0.3) is 0 Å². The Morgan fingerprint density at radius 3 is 2.62 bits per heavy atom. The van der Waals surface area contributed by atoms with E-state index in [4.69, 9.17) is 0 Å². The largest absolute Gasteiger partial charge is 0.287 e. The van der Waals surface area contributed by atoms with Gasteiger partial charge in [-0.3, -0.25) is 4.79 Å². The highest BCUT2D eigenvalue weighted by Gasteiger charge is 2.01. The molecule has 0 bridgehead atoms. The van der Waals surface area contributed by atoms with E-state index in [-0.39, 0.29) is 0 Å². The van der Waals surface area contributed by atoms with Crippen LogP contribution in [0.1, 0.15) is 45.4 Å². The van der Waals surface area contributed by atoms with Crippen molar-refractivity contribution in [2.24, 2.45) is 0 Å². The van der Waals surface area contributed by atoms with E-state index in [1.807, 2.05) is 0 Å². The fourth-order valence-corrected chi connectivity index (χ4v) is 2.29. The molecule has 0 heterocycles. The number of halogens is 1. The number of rotatable bonds is 8. The highest BCUT2D eigenvalue weighted by Crippen LogP contribution is 2.12. The second-order valence-electron chi connectivity index (χ2n) is 3.07. The molecule has 0 aliphatic carbocycles. The van der Waals surface area contributed by atoms with Gasteiger partial charge in [-0.1, -0.05) is 47.5 Å². The third kappa shape index (κ3) is 10.4. The molecule has 0 radical (unpaired) electrons. The van der Waals surface area contributed by atoms with Crippen molar-refractivity contribution in [2.45, 2.75) is 45.4 Å². The summed E-state index contributed by atoms with van der Waals surface area (Å²) in [6.07, 6.45) is 6.53. The molecule has 0 aliphatic heterocycles. The summed E-state index contributed by atoms with van der Waals surface area (Å²) in [7, 11) is 0. The van der Waals surface area contributed by atoms with E-state index < -0.39 is 0 Å². The Labute approximate surface area is 94.2 Å². The zero-order valence-corrected chi connectivity index (χ0v) is 10.8. The Kier molecular flexibility index (Phi) is 11.0. The molecule has 0 aliphatic rings. The lowest BCUT2D eigenvalue weighted by atomic mass is 10.2. The van der Waals surface area contributed by atoms with Gasteiger partial charge in [0, 0.05) is 17.5 Å². The van der Waals surface area contributed by atoms with Crippen molar-refractivity contribution in [1.82, 2.24) is 0 Å². The lowest BCUT2D eigenvalue weighted by Gasteiger charge is -1.99. The molecular weight excluding hydrogens is 248 g/mol. The Balaban J connectivity index is 3.11. The zero-order valence-electron chi connectivity index (χ0n) is 8.35. The molecule has 1 nitrogen and oxygen atoms in total. The van der Waals surface area contributed by atoms with E-state index in [0.717, 1.165) is 30.3 Å². The van der Waals surface area contributed by atoms with Gasteiger partial charge >= 0.3 is 0 Å². The van der Waals surface area contributed by atoms with E-state index in [9.17, 15) is 4.79 Å². The van der Waals surface area contributed by atoms with Gasteiger partial charge in [0.25, 0.3) is 0 Å². The van der Waals surface area contributed by atoms with Gasteiger partial charge in [0.15, 0.2) is 5.12 Å². The summed E-state index contributed by atoms with van der Waals surface area (Å²) >= 11 is 4.89. The maximum Gasteiger partial charge on any atom is 0.188 e. The van der Waals surface area contributed by atoms with Gasteiger partial charge in [-0.2, -0.15) is 0 Å². The molecule has 0 saturated carbocycles. The molecule has 0 fully saturated rings. The molecule has 0 N–H and O–H groups in total. The summed E-state index contributed by atoms with van der Waals surface area (Å²) in [6.45, 7) is 2.15. The van der Waals surface area contributed by atoms with Gasteiger partial charge in [-0.25, -0.2) is 0 Å². The second-order valence-corrected chi connectivity index (χ2v) is 5.02. The fraction of sp³-hybridized carbons (Fsp3) is 0.900. The van der Waals surface area contributed by atoms with Crippen molar-refractivity contribution in [3.8, 4) is 0 Å². The molecule has 0 aromatic rings. The predicted molar refractivity (Wildman–Crippen MR) is 64.6 cm³/mol. The molecule has 0 saturated heterocycles. The van der Waals surface area contributed by atoms with Crippen molar-refractivity contribution < 1.29 is 4.79 Å². The van der Waals surface area contributed by atoms with Crippen molar-refractivity contribution in [2.75, 3.05) is 11.1 Å². The maximum absolute atomic E-state index is 11.2. The maximum atomic E-state index is 11.2. The Morgan fingerprint density at radius 2 is 2.00 bits per heavy atom. The minimum atomic E-state index is 0.378. The van der Waals surface area contributed by atoms with Crippen molar-refractivity contribution in [3.63, 3.8) is 0 Å². The van der Waals surface area contributed by atoms with E-state index in [2.05, 4.69) is 22.9 Å². The third-order valence-electron chi connectivity index (χ3n) is 1.78. The van der Waals surface area contributed by atoms with Gasteiger partial charge in [0.1, 0.15) is 0 Å². The topological polar surface area (TPSA) is 17.1 Å². The van der Waals surface area contributed by atoms with E-state index in [0.29, 0.717) is 5.12 Å². The van der Waals surface area contributed by atoms with Crippen LogP contribution < -0.4 is 0 Å². The number of thioether (sulfide) groups is 1. The molecule has 0 aromatic heterocycles. The van der Waals surface area contributed by atoms with Crippen LogP contribution in [0, 0.1) is 0 Å². The molecule has 0 rings (SSSR count). The quantitative estimate of drug-likeness (QED) is 0.488. The number of hydrogen-bond donors (Lipinski definition) is 0. The van der Waals surface area contributed by atoms with Gasteiger partial charge in [-0.15, -0.1) is 0 Å². The Hall–Kier alpha value is 0.500. The lowest BCUT2D eigenvalue weighted by molar-refractivity contribution is -0.111. The van der Waals surface area contributed by atoms with Crippen molar-refractivity contribution in [3.05, 3.63) is 0 Å². The number of carbonyl (C=O) groups is 1. The van der Waals surface area contributed by atoms with Gasteiger partial charge in [-0.05, 0) is 19.3 Å². The standard InChI is InChI=1S/C10H19BrOS/c1-2-3-9-13-10(12)7-5-4-6-8-11/h2-9H2,1H3. The number of hydrogen-bond acceptors (Lipinski definition) is 2. The average Bonchev–Trinajstić information content (AvgIpc) is 2.13. The van der Waals surface area contributed by atoms with Crippen LogP contribution in [-0.2, 0) is 4.79 Å². The molecule has 0 spiro atoms. The highest BCUT2D eigenvalue weighted by atomic mass is 79.9. The average molecular weight is 267 g/mol. The van der Waals surface area contributed by atoms with Gasteiger partial charge in [0.05, 0.1) is 0 Å². The van der Waals surface area contributed by atoms with E-state index in [1.165, 1.54) is 31.0 Å². The molecule has 78 valence electrons. The summed E-state index contributed by atoms with van der Waals surface area (Å²) in [6, 6.07) is 0. The third-order valence-corrected chi connectivity index (χ3v) is 3.36.